The summed E-state index contributed by atoms with van der Waals surface area (Å²) in [5, 5.41) is 5.78. The minimum atomic E-state index is -0.602. The number of nitrogens with zero attached hydrogens (tertiary/aromatic N) is 1. The van der Waals surface area contributed by atoms with Crippen LogP contribution >= 0.6 is 0 Å². The number of hydrogen-bond donors (Lipinski definition) is 2. The van der Waals surface area contributed by atoms with Gasteiger partial charge in [0, 0.05) is 17.9 Å². The molecule has 7 atom stereocenters. The molecule has 0 radical (unpaired) electrons. The Morgan fingerprint density at radius 1 is 1.00 bits per heavy atom. The van der Waals surface area contributed by atoms with Gasteiger partial charge in [-0.05, 0) is 56.4 Å². The largest absolute Gasteiger partial charge is 0.285 e. The smallest absolute Gasteiger partial charge is 0.248 e. The molecule has 5 heteroatoms. The lowest BCUT2D eigenvalue weighted by atomic mass is 9.65. The van der Waals surface area contributed by atoms with Crippen molar-refractivity contribution in [2.45, 2.75) is 63.6 Å². The van der Waals surface area contributed by atoms with E-state index in [0.29, 0.717) is 11.8 Å². The van der Waals surface area contributed by atoms with Gasteiger partial charge in [-0.2, -0.15) is 0 Å². The maximum absolute atomic E-state index is 13.8. The van der Waals surface area contributed by atoms with Crippen molar-refractivity contribution in [3.63, 3.8) is 0 Å². The standard InChI is InChI=1S/C23H29N3O2/c1-13-6-10-16(11-7-13)23-18-5-3-2-4-17(18)21(27)25-26(23)22(28)19-14-8-9-15(12-14)20(19)24-23/h6-7,10-11,14-15,17-20,24H,2-5,8-9,12H2,1H3,(H,25,27)/t14-,15+,17-,18-,19+,20-,23-/m0/s1. The molecule has 0 aromatic heterocycles. The molecule has 0 spiro atoms. The molecular formula is C23H29N3O2. The Balaban J connectivity index is 1.53. The molecule has 148 valence electrons. The van der Waals surface area contributed by atoms with Crippen LogP contribution in [-0.4, -0.2) is 22.9 Å². The third kappa shape index (κ3) is 2.06. The second-order valence-electron chi connectivity index (χ2n) is 9.81. The maximum atomic E-state index is 13.8. The van der Waals surface area contributed by atoms with E-state index in [1.165, 1.54) is 12.0 Å². The number of hydrogen-bond acceptors (Lipinski definition) is 3. The number of amides is 2. The molecule has 0 unspecified atom stereocenters. The molecule has 1 aromatic rings. The van der Waals surface area contributed by atoms with Gasteiger partial charge in [0.15, 0.2) is 0 Å². The minimum Gasteiger partial charge on any atom is -0.285 e. The lowest BCUT2D eigenvalue weighted by Crippen LogP contribution is -2.80. The van der Waals surface area contributed by atoms with E-state index in [1.54, 1.807) is 5.01 Å². The van der Waals surface area contributed by atoms with Gasteiger partial charge in [-0.1, -0.05) is 42.7 Å². The van der Waals surface area contributed by atoms with Crippen molar-refractivity contribution in [1.29, 1.82) is 0 Å². The van der Waals surface area contributed by atoms with Gasteiger partial charge in [0.25, 0.3) is 0 Å². The molecule has 2 bridgehead atoms. The topological polar surface area (TPSA) is 61.4 Å². The molecule has 1 aromatic carbocycles. The van der Waals surface area contributed by atoms with Crippen molar-refractivity contribution in [3.8, 4) is 0 Å². The van der Waals surface area contributed by atoms with Gasteiger partial charge >= 0.3 is 0 Å². The fraction of sp³-hybridized carbons (Fsp3) is 0.652. The van der Waals surface area contributed by atoms with Gasteiger partial charge in [0.05, 0.1) is 5.92 Å². The van der Waals surface area contributed by atoms with Gasteiger partial charge in [-0.25, -0.2) is 5.01 Å². The molecule has 3 saturated carbocycles. The Morgan fingerprint density at radius 3 is 2.57 bits per heavy atom. The van der Waals surface area contributed by atoms with Crippen molar-refractivity contribution in [2.75, 3.05) is 0 Å². The van der Waals surface area contributed by atoms with Crippen LogP contribution in [0.4, 0.5) is 0 Å². The number of nitrogens with one attached hydrogen (secondary N) is 2. The highest BCUT2D eigenvalue weighted by Crippen LogP contribution is 2.56. The molecule has 5 aliphatic rings. The van der Waals surface area contributed by atoms with Crippen LogP contribution in [0.15, 0.2) is 24.3 Å². The van der Waals surface area contributed by atoms with E-state index in [-0.39, 0.29) is 35.6 Å². The molecule has 28 heavy (non-hydrogen) atoms. The van der Waals surface area contributed by atoms with Crippen LogP contribution in [0.3, 0.4) is 0 Å². The predicted molar refractivity (Wildman–Crippen MR) is 105 cm³/mol. The zero-order chi connectivity index (χ0) is 19.0. The minimum absolute atomic E-state index is 0.0123. The van der Waals surface area contributed by atoms with Crippen molar-refractivity contribution >= 4 is 11.8 Å². The molecule has 5 fully saturated rings. The summed E-state index contributed by atoms with van der Waals surface area (Å²) in [6.07, 6.45) is 7.70. The molecular weight excluding hydrogens is 350 g/mol. The SMILES string of the molecule is Cc1ccc([C@]23N[C@H]4[C@@H]5CC[C@@H](C5)[C@H]4C(=O)N2NC(=O)[C@H]2CCCC[C@@H]23)cc1. The number of hydrazine groups is 1. The summed E-state index contributed by atoms with van der Waals surface area (Å²) in [5.74, 6) is 1.43. The number of carbonyl (C=O) groups is 2. The fourth-order valence-corrected chi connectivity index (χ4v) is 7.28. The van der Waals surface area contributed by atoms with E-state index >= 15 is 0 Å². The molecule has 2 amide bonds. The van der Waals surface area contributed by atoms with Crippen molar-refractivity contribution in [3.05, 3.63) is 35.4 Å². The first-order chi connectivity index (χ1) is 13.6. The van der Waals surface area contributed by atoms with Gasteiger partial charge in [-0.15, -0.1) is 0 Å². The lowest BCUT2D eigenvalue weighted by Gasteiger charge is -2.61. The normalized spacial score (nSPS) is 44.0. The molecule has 2 heterocycles. The molecule has 2 saturated heterocycles. The summed E-state index contributed by atoms with van der Waals surface area (Å²) in [5.41, 5.74) is 4.82. The molecule has 2 N–H and O–H groups in total. The number of aryl methyl sites for hydroxylation is 1. The average molecular weight is 380 g/mol. The average Bonchev–Trinajstić information content (AvgIpc) is 3.32. The first-order valence-corrected chi connectivity index (χ1v) is 11.1. The maximum Gasteiger partial charge on any atom is 0.248 e. The summed E-state index contributed by atoms with van der Waals surface area (Å²) in [6, 6.07) is 8.85. The summed E-state index contributed by atoms with van der Waals surface area (Å²) in [6.45, 7) is 2.09. The Hall–Kier alpha value is -1.88. The molecule has 5 nitrogen and oxygen atoms in total. The summed E-state index contributed by atoms with van der Waals surface area (Å²) in [7, 11) is 0. The van der Waals surface area contributed by atoms with E-state index in [0.717, 1.165) is 44.1 Å². The number of fused-ring (bicyclic) bond motifs is 8. The second-order valence-corrected chi connectivity index (χ2v) is 9.81. The summed E-state index contributed by atoms with van der Waals surface area (Å²) in [4.78, 5) is 26.7. The number of benzene rings is 1. The van der Waals surface area contributed by atoms with E-state index in [1.807, 2.05) is 0 Å². The zero-order valence-electron chi connectivity index (χ0n) is 16.5. The van der Waals surface area contributed by atoms with E-state index in [4.69, 9.17) is 0 Å². The van der Waals surface area contributed by atoms with E-state index in [2.05, 4.69) is 41.9 Å². The molecule has 2 aliphatic heterocycles. The highest BCUT2D eigenvalue weighted by atomic mass is 16.2. The Kier molecular flexibility index (Phi) is 3.54. The van der Waals surface area contributed by atoms with Crippen molar-refractivity contribution in [2.24, 2.45) is 29.6 Å². The fourth-order valence-electron chi connectivity index (χ4n) is 7.28. The first-order valence-electron chi connectivity index (χ1n) is 11.1. The van der Waals surface area contributed by atoms with Crippen LogP contribution in [0.5, 0.6) is 0 Å². The third-order valence-corrected chi connectivity index (χ3v) is 8.51. The van der Waals surface area contributed by atoms with Crippen molar-refractivity contribution < 1.29 is 9.59 Å². The Morgan fingerprint density at radius 2 is 1.75 bits per heavy atom. The predicted octanol–water partition coefficient (Wildman–Crippen LogP) is 2.85. The summed E-state index contributed by atoms with van der Waals surface area (Å²) >= 11 is 0. The van der Waals surface area contributed by atoms with Crippen LogP contribution in [-0.2, 0) is 15.3 Å². The highest BCUT2D eigenvalue weighted by Gasteiger charge is 2.66. The highest BCUT2D eigenvalue weighted by molar-refractivity contribution is 5.89. The Bertz CT molecular complexity index is 837. The van der Waals surface area contributed by atoms with Crippen LogP contribution in [0.25, 0.3) is 0 Å². The zero-order valence-corrected chi connectivity index (χ0v) is 16.5. The number of rotatable bonds is 1. The van der Waals surface area contributed by atoms with Gasteiger partial charge in [0.1, 0.15) is 5.66 Å². The quantitative estimate of drug-likeness (QED) is 0.789. The first kappa shape index (κ1) is 17.0. The summed E-state index contributed by atoms with van der Waals surface area (Å²) < 4.78 is 0. The molecule has 6 rings (SSSR count). The van der Waals surface area contributed by atoms with Gasteiger partial charge in [0.2, 0.25) is 11.8 Å². The van der Waals surface area contributed by atoms with E-state index in [9.17, 15) is 9.59 Å². The van der Waals surface area contributed by atoms with Gasteiger partial charge < -0.3 is 0 Å². The number of carbonyl (C=O) groups excluding carboxylic acids is 2. The third-order valence-electron chi connectivity index (χ3n) is 8.51. The van der Waals surface area contributed by atoms with E-state index < -0.39 is 5.66 Å². The lowest BCUT2D eigenvalue weighted by molar-refractivity contribution is -0.194. The monoisotopic (exact) mass is 379 g/mol. The van der Waals surface area contributed by atoms with Crippen LogP contribution in [0.1, 0.15) is 56.1 Å². The van der Waals surface area contributed by atoms with Gasteiger partial charge in [-0.3, -0.25) is 20.3 Å². The molecule has 3 aliphatic carbocycles. The van der Waals surface area contributed by atoms with Crippen LogP contribution < -0.4 is 10.7 Å². The Labute approximate surface area is 166 Å². The van der Waals surface area contributed by atoms with Crippen molar-refractivity contribution in [1.82, 2.24) is 15.8 Å². The van der Waals surface area contributed by atoms with Crippen LogP contribution in [0, 0.1) is 36.5 Å². The second kappa shape index (κ2) is 5.82. The van der Waals surface area contributed by atoms with Crippen LogP contribution in [0.2, 0.25) is 0 Å².